The fraction of sp³-hybridized carbons (Fsp3) is 0.250. The zero-order valence-corrected chi connectivity index (χ0v) is 12.1. The molecule has 0 spiro atoms. The molecule has 0 aromatic heterocycles. The maximum atomic E-state index is 13.8. The maximum absolute atomic E-state index is 13.8. The van der Waals surface area contributed by atoms with E-state index in [0.29, 0.717) is 17.0 Å². The molecule has 1 unspecified atom stereocenters. The Morgan fingerprint density at radius 2 is 1.90 bits per heavy atom. The van der Waals surface area contributed by atoms with Gasteiger partial charge in [-0.3, -0.25) is 0 Å². The van der Waals surface area contributed by atoms with Gasteiger partial charge < -0.3 is 5.32 Å². The minimum Gasteiger partial charge on any atom is -0.313 e. The third-order valence-electron chi connectivity index (χ3n) is 3.25. The van der Waals surface area contributed by atoms with Crippen LogP contribution in [0.2, 0.25) is 5.02 Å². The smallest absolute Gasteiger partial charge is 0.127 e. The van der Waals surface area contributed by atoms with Crippen LogP contribution >= 0.6 is 11.6 Å². The third-order valence-corrected chi connectivity index (χ3v) is 3.49. The minimum absolute atomic E-state index is 0.153. The summed E-state index contributed by atoms with van der Waals surface area (Å²) in [4.78, 5) is 0. The van der Waals surface area contributed by atoms with Crippen molar-refractivity contribution in [3.63, 3.8) is 0 Å². The monoisotopic (exact) mass is 295 g/mol. The van der Waals surface area contributed by atoms with Gasteiger partial charge in [-0.15, -0.1) is 0 Å². The van der Waals surface area contributed by atoms with Crippen LogP contribution in [0.3, 0.4) is 0 Å². The van der Waals surface area contributed by atoms with Crippen LogP contribution in [0.1, 0.15) is 22.7 Å². The lowest BCUT2D eigenvalue weighted by molar-refractivity contribution is 0.548. The van der Waals surface area contributed by atoms with E-state index < -0.39 is 0 Å². The molecule has 0 heterocycles. The fourth-order valence-electron chi connectivity index (χ4n) is 2.26. The number of rotatable bonds is 4. The van der Waals surface area contributed by atoms with Gasteiger partial charge in [0, 0.05) is 11.1 Å². The van der Waals surface area contributed by atoms with Gasteiger partial charge in [0.25, 0.3) is 0 Å². The molecule has 0 radical (unpaired) electrons. The number of halogens is 3. The van der Waals surface area contributed by atoms with E-state index in [1.54, 1.807) is 19.2 Å². The Balaban J connectivity index is 2.28. The topological polar surface area (TPSA) is 12.0 Å². The molecular weight excluding hydrogens is 280 g/mol. The van der Waals surface area contributed by atoms with Crippen LogP contribution in [-0.4, -0.2) is 7.05 Å². The molecule has 2 aromatic rings. The van der Waals surface area contributed by atoms with Crippen molar-refractivity contribution in [3.05, 3.63) is 69.7 Å². The van der Waals surface area contributed by atoms with Crippen molar-refractivity contribution < 1.29 is 8.78 Å². The molecule has 0 saturated carbocycles. The second-order valence-electron chi connectivity index (χ2n) is 4.84. The lowest BCUT2D eigenvalue weighted by atomic mass is 9.97. The molecule has 0 fully saturated rings. The minimum atomic E-state index is -0.342. The van der Waals surface area contributed by atoms with Crippen molar-refractivity contribution in [2.24, 2.45) is 0 Å². The first-order valence-corrected chi connectivity index (χ1v) is 6.75. The first-order valence-electron chi connectivity index (χ1n) is 6.38. The van der Waals surface area contributed by atoms with Crippen LogP contribution in [0.15, 0.2) is 36.4 Å². The Kier molecular flexibility index (Phi) is 4.73. The largest absolute Gasteiger partial charge is 0.313 e. The van der Waals surface area contributed by atoms with E-state index in [9.17, 15) is 8.78 Å². The Morgan fingerprint density at radius 1 is 1.15 bits per heavy atom. The second-order valence-corrected chi connectivity index (χ2v) is 5.28. The van der Waals surface area contributed by atoms with E-state index in [1.165, 1.54) is 18.2 Å². The molecule has 1 atom stereocenters. The summed E-state index contributed by atoms with van der Waals surface area (Å²) in [6.45, 7) is 1.84. The van der Waals surface area contributed by atoms with Crippen LogP contribution in [0.4, 0.5) is 8.78 Å². The Labute approximate surface area is 122 Å². The van der Waals surface area contributed by atoms with Gasteiger partial charge in [0.1, 0.15) is 11.6 Å². The van der Waals surface area contributed by atoms with E-state index in [2.05, 4.69) is 5.32 Å². The van der Waals surface area contributed by atoms with E-state index in [1.807, 2.05) is 13.0 Å². The van der Waals surface area contributed by atoms with E-state index in [4.69, 9.17) is 11.6 Å². The van der Waals surface area contributed by atoms with Gasteiger partial charge in [-0.1, -0.05) is 23.7 Å². The molecule has 2 rings (SSSR count). The predicted molar refractivity (Wildman–Crippen MR) is 78.1 cm³/mol. The Bertz CT molecular complexity index is 593. The normalized spacial score (nSPS) is 12.4. The molecule has 106 valence electrons. The number of aryl methyl sites for hydroxylation is 1. The van der Waals surface area contributed by atoms with Gasteiger partial charge in [0.15, 0.2) is 0 Å². The summed E-state index contributed by atoms with van der Waals surface area (Å²) < 4.78 is 27.3. The average Bonchev–Trinajstić information content (AvgIpc) is 2.36. The summed E-state index contributed by atoms with van der Waals surface area (Å²) in [6, 6.07) is 9.30. The standard InChI is InChI=1S/C16H16ClF2N/c1-10-5-12(7-14(18)6-10)16(20-2)8-11-3-4-13(17)9-15(11)19/h3-7,9,16,20H,8H2,1-2H3. The van der Waals surface area contributed by atoms with Crippen molar-refractivity contribution in [1.82, 2.24) is 5.32 Å². The molecule has 0 saturated heterocycles. The van der Waals surface area contributed by atoms with E-state index >= 15 is 0 Å². The van der Waals surface area contributed by atoms with Crippen LogP contribution in [0.25, 0.3) is 0 Å². The van der Waals surface area contributed by atoms with Crippen LogP contribution < -0.4 is 5.32 Å². The number of nitrogens with one attached hydrogen (secondary N) is 1. The van der Waals surface area contributed by atoms with Gasteiger partial charge in [0.05, 0.1) is 0 Å². The third kappa shape index (κ3) is 3.56. The molecule has 20 heavy (non-hydrogen) atoms. The van der Waals surface area contributed by atoms with Crippen molar-refractivity contribution in [3.8, 4) is 0 Å². The molecule has 1 N–H and O–H groups in total. The highest BCUT2D eigenvalue weighted by Gasteiger charge is 2.14. The fourth-order valence-corrected chi connectivity index (χ4v) is 2.42. The van der Waals surface area contributed by atoms with Crippen LogP contribution in [-0.2, 0) is 6.42 Å². The van der Waals surface area contributed by atoms with Crippen LogP contribution in [0, 0.1) is 18.6 Å². The molecule has 0 aliphatic rings. The lowest BCUT2D eigenvalue weighted by Crippen LogP contribution is -2.19. The molecule has 2 aromatic carbocycles. The van der Waals surface area contributed by atoms with Gasteiger partial charge in [-0.25, -0.2) is 8.78 Å². The Hall–Kier alpha value is -1.45. The number of benzene rings is 2. The molecule has 1 nitrogen and oxygen atoms in total. The molecule has 0 aliphatic carbocycles. The van der Waals surface area contributed by atoms with Crippen molar-refractivity contribution in [2.75, 3.05) is 7.05 Å². The average molecular weight is 296 g/mol. The highest BCUT2D eigenvalue weighted by molar-refractivity contribution is 6.30. The van der Waals surface area contributed by atoms with Crippen molar-refractivity contribution in [2.45, 2.75) is 19.4 Å². The highest BCUT2D eigenvalue weighted by Crippen LogP contribution is 2.23. The van der Waals surface area contributed by atoms with Gasteiger partial charge in [0.2, 0.25) is 0 Å². The number of hydrogen-bond donors (Lipinski definition) is 1. The first-order chi connectivity index (χ1) is 9.49. The first kappa shape index (κ1) is 14.9. The summed E-state index contributed by atoms with van der Waals surface area (Å²) in [5.41, 5.74) is 2.20. The molecule has 0 amide bonds. The summed E-state index contributed by atoms with van der Waals surface area (Å²) in [6.07, 6.45) is 0.433. The van der Waals surface area contributed by atoms with Crippen molar-refractivity contribution >= 4 is 11.6 Å². The van der Waals surface area contributed by atoms with Crippen LogP contribution in [0.5, 0.6) is 0 Å². The Morgan fingerprint density at radius 3 is 2.50 bits per heavy atom. The van der Waals surface area contributed by atoms with Gasteiger partial charge >= 0.3 is 0 Å². The zero-order chi connectivity index (χ0) is 14.7. The number of likely N-dealkylation sites (N-methyl/N-ethyl adjacent to an activating group) is 1. The molecule has 4 heteroatoms. The molecular formula is C16H16ClF2N. The van der Waals surface area contributed by atoms with E-state index in [-0.39, 0.29) is 17.7 Å². The molecule has 0 bridgehead atoms. The summed E-state index contributed by atoms with van der Waals surface area (Å²) in [5.74, 6) is -0.622. The second kappa shape index (κ2) is 6.33. The highest BCUT2D eigenvalue weighted by atomic mass is 35.5. The van der Waals surface area contributed by atoms with E-state index in [0.717, 1.165) is 11.1 Å². The quantitative estimate of drug-likeness (QED) is 0.880. The van der Waals surface area contributed by atoms with Gasteiger partial charge in [-0.2, -0.15) is 0 Å². The lowest BCUT2D eigenvalue weighted by Gasteiger charge is -2.18. The summed E-state index contributed by atoms with van der Waals surface area (Å²) in [7, 11) is 1.78. The SMILES string of the molecule is CNC(Cc1ccc(Cl)cc1F)c1cc(C)cc(F)c1. The predicted octanol–water partition coefficient (Wildman–Crippen LogP) is 4.43. The van der Waals surface area contributed by atoms with Gasteiger partial charge in [-0.05, 0) is 61.3 Å². The number of hydrogen-bond acceptors (Lipinski definition) is 1. The molecule has 0 aliphatic heterocycles. The summed E-state index contributed by atoms with van der Waals surface area (Å²) in [5, 5.41) is 3.47. The zero-order valence-electron chi connectivity index (χ0n) is 11.4. The maximum Gasteiger partial charge on any atom is 0.127 e. The summed E-state index contributed by atoms with van der Waals surface area (Å²) >= 11 is 5.74. The van der Waals surface area contributed by atoms with Crippen molar-refractivity contribution in [1.29, 1.82) is 0 Å².